The first-order valence-electron chi connectivity index (χ1n) is 8.12. The molecule has 0 aliphatic carbocycles. The average Bonchev–Trinajstić information content (AvgIpc) is 3.19. The third kappa shape index (κ3) is 4.29. The molecule has 1 amide bonds. The zero-order valence-electron chi connectivity index (χ0n) is 14.8. The molecule has 3 N–H and O–H groups in total. The summed E-state index contributed by atoms with van der Waals surface area (Å²) in [7, 11) is -2.61. The Hall–Kier alpha value is -3.40. The monoisotopic (exact) mass is 404 g/mol. The van der Waals surface area contributed by atoms with Gasteiger partial charge in [-0.15, -0.1) is 0 Å². The first-order chi connectivity index (χ1) is 13.4. The first-order valence-corrected chi connectivity index (χ1v) is 9.61. The van der Waals surface area contributed by atoms with E-state index < -0.39 is 26.8 Å². The molecule has 0 fully saturated rings. The van der Waals surface area contributed by atoms with Crippen molar-refractivity contribution >= 4 is 21.6 Å². The van der Waals surface area contributed by atoms with Gasteiger partial charge in [-0.05, 0) is 30.3 Å². The number of rotatable bonds is 7. The maximum Gasteiger partial charge on any atom is 0.279 e. The summed E-state index contributed by atoms with van der Waals surface area (Å²) >= 11 is 0. The molecule has 0 spiro atoms. The lowest BCUT2D eigenvalue weighted by atomic mass is 10.2. The normalized spacial score (nSPS) is 11.1. The third-order valence-electron chi connectivity index (χ3n) is 3.85. The number of carbonyl (C=O) groups excluding carboxylic acids is 1. The highest BCUT2D eigenvalue weighted by molar-refractivity contribution is 7.92. The van der Waals surface area contributed by atoms with Crippen molar-refractivity contribution in [3.63, 3.8) is 0 Å². The Morgan fingerprint density at radius 3 is 2.61 bits per heavy atom. The van der Waals surface area contributed by atoms with E-state index in [0.717, 1.165) is 23.9 Å². The van der Waals surface area contributed by atoms with Gasteiger partial charge in [-0.25, -0.2) is 4.39 Å². The minimum Gasteiger partial charge on any atom is -0.496 e. The number of nitrogens with zero attached hydrogens (tertiary/aromatic N) is 1. The zero-order valence-corrected chi connectivity index (χ0v) is 15.6. The molecular formula is C18H17FN4O4S. The van der Waals surface area contributed by atoms with Crippen molar-refractivity contribution in [1.29, 1.82) is 0 Å². The highest BCUT2D eigenvalue weighted by Crippen LogP contribution is 2.19. The largest absolute Gasteiger partial charge is 0.496 e. The number of ether oxygens (including phenoxy) is 1. The lowest BCUT2D eigenvalue weighted by Gasteiger charge is -2.10. The predicted molar refractivity (Wildman–Crippen MR) is 100.0 cm³/mol. The molecule has 146 valence electrons. The van der Waals surface area contributed by atoms with Crippen LogP contribution in [0.3, 0.4) is 0 Å². The summed E-state index contributed by atoms with van der Waals surface area (Å²) in [6.45, 7) is 0.138. The molecule has 0 bridgehead atoms. The van der Waals surface area contributed by atoms with Crippen molar-refractivity contribution in [2.75, 3.05) is 11.8 Å². The van der Waals surface area contributed by atoms with E-state index in [1.165, 1.54) is 19.2 Å². The van der Waals surface area contributed by atoms with Gasteiger partial charge < -0.3 is 10.1 Å². The van der Waals surface area contributed by atoms with Crippen molar-refractivity contribution in [2.24, 2.45) is 0 Å². The van der Waals surface area contributed by atoms with E-state index in [-0.39, 0.29) is 17.8 Å². The number of carbonyl (C=O) groups is 1. The van der Waals surface area contributed by atoms with Gasteiger partial charge in [-0.2, -0.15) is 13.5 Å². The summed E-state index contributed by atoms with van der Waals surface area (Å²) in [5.41, 5.74) is 0.733. The molecule has 0 saturated heterocycles. The van der Waals surface area contributed by atoms with Crippen LogP contribution in [0.15, 0.2) is 59.8 Å². The molecule has 2 aromatic carbocycles. The Labute approximate surface area is 160 Å². The molecule has 0 aliphatic heterocycles. The third-order valence-corrected chi connectivity index (χ3v) is 5.20. The number of amides is 1. The van der Waals surface area contributed by atoms with Gasteiger partial charge in [0, 0.05) is 17.8 Å². The second-order valence-electron chi connectivity index (χ2n) is 5.72. The van der Waals surface area contributed by atoms with Crippen LogP contribution in [0, 0.1) is 5.82 Å². The van der Waals surface area contributed by atoms with Crippen LogP contribution in [0.25, 0.3) is 0 Å². The fourth-order valence-electron chi connectivity index (χ4n) is 2.48. The fraction of sp³-hybridized carbons (Fsp3) is 0.111. The second-order valence-corrected chi connectivity index (χ2v) is 7.34. The number of methoxy groups -OCH3 is 1. The van der Waals surface area contributed by atoms with Crippen LogP contribution >= 0.6 is 0 Å². The maximum absolute atomic E-state index is 13.0. The van der Waals surface area contributed by atoms with Gasteiger partial charge in [0.15, 0.2) is 5.03 Å². The average molecular weight is 404 g/mol. The van der Waals surface area contributed by atoms with Crippen LogP contribution in [0.2, 0.25) is 0 Å². The summed E-state index contributed by atoms with van der Waals surface area (Å²) < 4.78 is 45.6. The molecule has 1 heterocycles. The van der Waals surface area contributed by atoms with Crippen LogP contribution in [0.1, 0.15) is 15.9 Å². The number of para-hydroxylation sites is 1. The Morgan fingerprint density at radius 1 is 1.18 bits per heavy atom. The van der Waals surface area contributed by atoms with Crippen molar-refractivity contribution in [3.05, 3.63) is 71.7 Å². The number of anilines is 1. The quantitative estimate of drug-likeness (QED) is 0.559. The first kappa shape index (κ1) is 19.4. The van der Waals surface area contributed by atoms with Crippen molar-refractivity contribution in [3.8, 4) is 5.75 Å². The highest BCUT2D eigenvalue weighted by Gasteiger charge is 2.25. The van der Waals surface area contributed by atoms with E-state index in [0.29, 0.717) is 5.75 Å². The predicted octanol–water partition coefficient (Wildman–Crippen LogP) is 2.29. The number of benzene rings is 2. The van der Waals surface area contributed by atoms with E-state index >= 15 is 0 Å². The van der Waals surface area contributed by atoms with Gasteiger partial charge in [-0.3, -0.25) is 14.6 Å². The van der Waals surface area contributed by atoms with E-state index in [2.05, 4.69) is 20.2 Å². The number of hydrogen-bond donors (Lipinski definition) is 3. The number of sulfonamides is 1. The Kier molecular flexibility index (Phi) is 5.59. The van der Waals surface area contributed by atoms with Gasteiger partial charge >= 0.3 is 0 Å². The van der Waals surface area contributed by atoms with Crippen molar-refractivity contribution < 1.29 is 22.3 Å². The fourth-order valence-corrected chi connectivity index (χ4v) is 3.64. The topological polar surface area (TPSA) is 113 Å². The summed E-state index contributed by atoms with van der Waals surface area (Å²) in [6, 6.07) is 11.9. The number of nitrogens with one attached hydrogen (secondary N) is 3. The van der Waals surface area contributed by atoms with Crippen LogP contribution < -0.4 is 14.8 Å². The van der Waals surface area contributed by atoms with Gasteiger partial charge in [0.05, 0.1) is 18.9 Å². The molecular weight excluding hydrogens is 387 g/mol. The number of aromatic amines is 1. The summed E-state index contributed by atoms with van der Waals surface area (Å²) in [4.78, 5) is 12.5. The summed E-state index contributed by atoms with van der Waals surface area (Å²) in [6.07, 6.45) is 1.12. The van der Waals surface area contributed by atoms with E-state index in [1.807, 2.05) is 0 Å². The standard InChI is InChI=1S/C18H17FN4O4S/c1-27-16-5-3-2-4-12(16)10-20-17(24)15-11-21-22-18(15)28(25,26)23-14-8-6-13(19)7-9-14/h2-9,11,23H,10H2,1H3,(H,20,24)(H,21,22). The van der Waals surface area contributed by atoms with E-state index in [9.17, 15) is 17.6 Å². The molecule has 10 heteroatoms. The van der Waals surface area contributed by atoms with Crippen LogP contribution in [-0.4, -0.2) is 31.6 Å². The van der Waals surface area contributed by atoms with Crippen molar-refractivity contribution in [2.45, 2.75) is 11.6 Å². The van der Waals surface area contributed by atoms with E-state index in [1.54, 1.807) is 24.3 Å². The number of H-pyrrole nitrogens is 1. The molecule has 3 aromatic rings. The number of hydrogen-bond acceptors (Lipinski definition) is 5. The number of halogens is 1. The number of aromatic nitrogens is 2. The molecule has 28 heavy (non-hydrogen) atoms. The molecule has 3 rings (SSSR count). The maximum atomic E-state index is 13.0. The van der Waals surface area contributed by atoms with Gasteiger partial charge in [0.25, 0.3) is 15.9 Å². The molecule has 1 aromatic heterocycles. The van der Waals surface area contributed by atoms with Gasteiger partial charge in [0.1, 0.15) is 11.6 Å². The Morgan fingerprint density at radius 2 is 1.89 bits per heavy atom. The smallest absolute Gasteiger partial charge is 0.279 e. The summed E-state index contributed by atoms with van der Waals surface area (Å²) in [5, 5.41) is 8.23. The van der Waals surface area contributed by atoms with Gasteiger partial charge in [-0.1, -0.05) is 18.2 Å². The Balaban J connectivity index is 1.76. The Bertz CT molecular complexity index is 1080. The summed E-state index contributed by atoms with van der Waals surface area (Å²) in [5.74, 6) is -0.527. The molecule has 0 aliphatic rings. The molecule has 8 nitrogen and oxygen atoms in total. The van der Waals surface area contributed by atoms with E-state index in [4.69, 9.17) is 4.74 Å². The minimum atomic E-state index is -4.13. The van der Waals surface area contributed by atoms with Crippen LogP contribution in [-0.2, 0) is 16.6 Å². The zero-order chi connectivity index (χ0) is 20.1. The van der Waals surface area contributed by atoms with Crippen LogP contribution in [0.4, 0.5) is 10.1 Å². The SMILES string of the molecule is COc1ccccc1CNC(=O)c1cn[nH]c1S(=O)(=O)Nc1ccc(F)cc1. The minimum absolute atomic E-state index is 0.138. The van der Waals surface area contributed by atoms with Crippen LogP contribution in [0.5, 0.6) is 5.75 Å². The molecule has 0 atom stereocenters. The molecule has 0 radical (unpaired) electrons. The lowest BCUT2D eigenvalue weighted by Crippen LogP contribution is -2.25. The van der Waals surface area contributed by atoms with Gasteiger partial charge in [0.2, 0.25) is 0 Å². The second kappa shape index (κ2) is 8.09. The molecule has 0 unspecified atom stereocenters. The van der Waals surface area contributed by atoms with Crippen molar-refractivity contribution in [1.82, 2.24) is 15.5 Å². The molecule has 0 saturated carbocycles. The lowest BCUT2D eigenvalue weighted by molar-refractivity contribution is 0.0947. The highest BCUT2D eigenvalue weighted by atomic mass is 32.2.